The van der Waals surface area contributed by atoms with Crippen molar-refractivity contribution in [3.8, 4) is 23.0 Å². The summed E-state index contributed by atoms with van der Waals surface area (Å²) in [6, 6.07) is 17.5. The minimum atomic E-state index is -0.334. The van der Waals surface area contributed by atoms with Crippen LogP contribution in [-0.4, -0.2) is 20.1 Å². The minimum Gasteiger partial charge on any atom is -0.495 e. The van der Waals surface area contributed by atoms with Crippen molar-refractivity contribution < 1.29 is 19.0 Å². The normalized spacial score (nSPS) is 10.3. The van der Waals surface area contributed by atoms with E-state index >= 15 is 0 Å². The van der Waals surface area contributed by atoms with Crippen molar-refractivity contribution in [3.63, 3.8) is 0 Å². The topological polar surface area (TPSA) is 56.8 Å². The molecule has 0 radical (unpaired) electrons. The van der Waals surface area contributed by atoms with E-state index in [0.29, 0.717) is 43.7 Å². The van der Waals surface area contributed by atoms with Gasteiger partial charge in [-0.1, -0.05) is 35.9 Å². The predicted molar refractivity (Wildman–Crippen MR) is 113 cm³/mol. The molecule has 5 nitrogen and oxygen atoms in total. The van der Waals surface area contributed by atoms with Gasteiger partial charge in [0, 0.05) is 5.56 Å². The van der Waals surface area contributed by atoms with Crippen molar-refractivity contribution in [2.45, 2.75) is 0 Å². The van der Waals surface area contributed by atoms with Gasteiger partial charge in [-0.25, -0.2) is 0 Å². The third-order valence-corrected chi connectivity index (χ3v) is 4.99. The fraction of sp³-hybridized carbons (Fsp3) is 0.0952. The van der Waals surface area contributed by atoms with E-state index in [1.807, 2.05) is 18.2 Å². The second kappa shape index (κ2) is 8.99. The van der Waals surface area contributed by atoms with Gasteiger partial charge in [0.25, 0.3) is 5.91 Å². The standard InChI is InChI=1S/C21H17BrClNO4/c1-26-18-11-13(12-19(27-2)20(18)22)21(25)24-15-8-4-6-10-17(15)28-16-9-5-3-7-14(16)23/h3-12H,1-2H3,(H,24,25). The van der Waals surface area contributed by atoms with Crippen LogP contribution in [0, 0.1) is 0 Å². The highest BCUT2D eigenvalue weighted by molar-refractivity contribution is 9.10. The lowest BCUT2D eigenvalue weighted by atomic mass is 10.1. The molecule has 0 aliphatic heterocycles. The Hall–Kier alpha value is -2.70. The minimum absolute atomic E-state index is 0.334. The molecule has 1 amide bonds. The second-order valence-electron chi connectivity index (χ2n) is 5.68. The summed E-state index contributed by atoms with van der Waals surface area (Å²) in [6.07, 6.45) is 0. The molecule has 7 heteroatoms. The maximum Gasteiger partial charge on any atom is 0.256 e. The third kappa shape index (κ3) is 4.40. The van der Waals surface area contributed by atoms with E-state index < -0.39 is 0 Å². The molecule has 0 aromatic heterocycles. The molecule has 144 valence electrons. The Morgan fingerprint density at radius 2 is 1.46 bits per heavy atom. The van der Waals surface area contributed by atoms with E-state index in [1.54, 1.807) is 42.5 Å². The number of hydrogen-bond donors (Lipinski definition) is 1. The highest BCUT2D eigenvalue weighted by atomic mass is 79.9. The molecule has 3 rings (SSSR count). The fourth-order valence-electron chi connectivity index (χ4n) is 2.50. The zero-order valence-electron chi connectivity index (χ0n) is 15.2. The SMILES string of the molecule is COc1cc(C(=O)Nc2ccccc2Oc2ccccc2Cl)cc(OC)c1Br. The Labute approximate surface area is 176 Å². The van der Waals surface area contributed by atoms with Crippen LogP contribution in [0.25, 0.3) is 0 Å². The number of ether oxygens (including phenoxy) is 3. The summed E-state index contributed by atoms with van der Waals surface area (Å²) < 4.78 is 17.1. The predicted octanol–water partition coefficient (Wildman–Crippen LogP) is 6.16. The van der Waals surface area contributed by atoms with Crippen LogP contribution in [0.3, 0.4) is 0 Å². The van der Waals surface area contributed by atoms with Gasteiger partial charge in [0.15, 0.2) is 5.75 Å². The molecule has 0 saturated heterocycles. The van der Waals surface area contributed by atoms with E-state index in [9.17, 15) is 4.79 Å². The maximum atomic E-state index is 12.8. The number of amides is 1. The molecule has 0 heterocycles. The summed E-state index contributed by atoms with van der Waals surface area (Å²) in [5.41, 5.74) is 0.887. The molecule has 28 heavy (non-hydrogen) atoms. The molecule has 3 aromatic rings. The van der Waals surface area contributed by atoms with E-state index in [2.05, 4.69) is 21.2 Å². The van der Waals surface area contributed by atoms with E-state index in [0.717, 1.165) is 0 Å². The Kier molecular flexibility index (Phi) is 6.44. The highest BCUT2D eigenvalue weighted by Gasteiger charge is 2.16. The number of anilines is 1. The molecule has 0 saturated carbocycles. The van der Waals surface area contributed by atoms with Crippen LogP contribution < -0.4 is 19.5 Å². The van der Waals surface area contributed by atoms with Crippen LogP contribution in [0.15, 0.2) is 65.1 Å². The number of carbonyl (C=O) groups is 1. The zero-order chi connectivity index (χ0) is 20.1. The molecule has 0 bridgehead atoms. The van der Waals surface area contributed by atoms with Crippen LogP contribution in [0.2, 0.25) is 5.02 Å². The zero-order valence-corrected chi connectivity index (χ0v) is 17.5. The average Bonchev–Trinajstić information content (AvgIpc) is 2.71. The number of methoxy groups -OCH3 is 2. The first-order valence-electron chi connectivity index (χ1n) is 8.27. The Morgan fingerprint density at radius 1 is 0.893 bits per heavy atom. The van der Waals surface area contributed by atoms with E-state index in [-0.39, 0.29) is 5.91 Å². The van der Waals surface area contributed by atoms with Crippen molar-refractivity contribution in [1.29, 1.82) is 0 Å². The largest absolute Gasteiger partial charge is 0.495 e. The first kappa shape index (κ1) is 20.0. The van der Waals surface area contributed by atoms with Gasteiger partial charge in [-0.15, -0.1) is 0 Å². The maximum absolute atomic E-state index is 12.8. The number of carbonyl (C=O) groups excluding carboxylic acids is 1. The summed E-state index contributed by atoms with van der Waals surface area (Å²) in [7, 11) is 3.04. The molecule has 3 aromatic carbocycles. The third-order valence-electron chi connectivity index (χ3n) is 3.90. The number of rotatable bonds is 6. The van der Waals surface area contributed by atoms with Gasteiger partial charge in [0.2, 0.25) is 0 Å². The monoisotopic (exact) mass is 461 g/mol. The summed E-state index contributed by atoms with van der Waals surface area (Å²) in [5, 5.41) is 3.33. The Bertz CT molecular complexity index is 984. The van der Waals surface area contributed by atoms with Crippen LogP contribution in [0.1, 0.15) is 10.4 Å². The second-order valence-corrected chi connectivity index (χ2v) is 6.88. The number of hydrogen-bond acceptors (Lipinski definition) is 4. The first-order valence-corrected chi connectivity index (χ1v) is 9.45. The summed E-state index contributed by atoms with van der Waals surface area (Å²) in [6.45, 7) is 0. The van der Waals surface area contributed by atoms with Crippen LogP contribution in [-0.2, 0) is 0 Å². The van der Waals surface area contributed by atoms with Crippen LogP contribution >= 0.6 is 27.5 Å². The average molecular weight is 463 g/mol. The van der Waals surface area contributed by atoms with Crippen molar-refractivity contribution in [3.05, 3.63) is 75.7 Å². The summed E-state index contributed by atoms with van der Waals surface area (Å²) in [4.78, 5) is 12.8. The van der Waals surface area contributed by atoms with E-state index in [4.69, 9.17) is 25.8 Å². The van der Waals surface area contributed by atoms with Gasteiger partial charge < -0.3 is 19.5 Å². The van der Waals surface area contributed by atoms with Gasteiger partial charge in [-0.05, 0) is 52.3 Å². The van der Waals surface area contributed by atoms with Gasteiger partial charge in [0.05, 0.1) is 24.9 Å². The molecule has 0 aliphatic rings. The molecular weight excluding hydrogens is 446 g/mol. The van der Waals surface area contributed by atoms with Gasteiger partial charge in [-0.3, -0.25) is 4.79 Å². The molecule has 0 aliphatic carbocycles. The Balaban J connectivity index is 1.89. The molecular formula is C21H17BrClNO4. The fourth-order valence-corrected chi connectivity index (χ4v) is 3.23. The van der Waals surface area contributed by atoms with Gasteiger partial charge in [-0.2, -0.15) is 0 Å². The lowest BCUT2D eigenvalue weighted by Gasteiger charge is -2.14. The molecule has 0 spiro atoms. The number of para-hydroxylation sites is 3. The number of halogens is 2. The quantitative estimate of drug-likeness (QED) is 0.476. The lowest BCUT2D eigenvalue weighted by Crippen LogP contribution is -2.13. The molecule has 1 N–H and O–H groups in total. The van der Waals surface area contributed by atoms with Crippen molar-refractivity contribution >= 4 is 39.1 Å². The number of benzene rings is 3. The smallest absolute Gasteiger partial charge is 0.256 e. The lowest BCUT2D eigenvalue weighted by molar-refractivity contribution is 0.102. The molecule has 0 atom stereocenters. The highest BCUT2D eigenvalue weighted by Crippen LogP contribution is 2.37. The van der Waals surface area contributed by atoms with Crippen molar-refractivity contribution in [1.82, 2.24) is 0 Å². The van der Waals surface area contributed by atoms with Crippen molar-refractivity contribution in [2.75, 3.05) is 19.5 Å². The molecule has 0 unspecified atom stereocenters. The first-order chi connectivity index (χ1) is 13.5. The van der Waals surface area contributed by atoms with E-state index in [1.165, 1.54) is 14.2 Å². The molecule has 0 fully saturated rings. The summed E-state index contributed by atoms with van der Waals surface area (Å²) >= 11 is 9.56. The van der Waals surface area contributed by atoms with Crippen molar-refractivity contribution in [2.24, 2.45) is 0 Å². The van der Waals surface area contributed by atoms with Crippen LogP contribution in [0.4, 0.5) is 5.69 Å². The van der Waals surface area contributed by atoms with Crippen LogP contribution in [0.5, 0.6) is 23.0 Å². The summed E-state index contributed by atoms with van der Waals surface area (Å²) in [5.74, 6) is 1.62. The van der Waals surface area contributed by atoms with Gasteiger partial charge >= 0.3 is 0 Å². The van der Waals surface area contributed by atoms with Gasteiger partial charge in [0.1, 0.15) is 21.7 Å². The number of nitrogens with one attached hydrogen (secondary N) is 1. The Morgan fingerprint density at radius 3 is 2.07 bits per heavy atom.